The molecule has 2 aliphatic heterocycles. The van der Waals surface area contributed by atoms with Crippen molar-refractivity contribution in [3.63, 3.8) is 0 Å². The Hall–Kier alpha value is -0.915. The second-order valence-corrected chi connectivity index (χ2v) is 9.21. The Balaban J connectivity index is 1.48. The molecule has 0 amide bonds. The average molecular weight is 373 g/mol. The molecule has 0 aliphatic carbocycles. The van der Waals surface area contributed by atoms with E-state index >= 15 is 0 Å². The van der Waals surface area contributed by atoms with E-state index in [0.717, 1.165) is 25.1 Å². The number of likely N-dealkylation sites (N-methyl/N-ethyl adjacent to an activating group) is 2. The van der Waals surface area contributed by atoms with Crippen molar-refractivity contribution >= 4 is 12.6 Å². The summed E-state index contributed by atoms with van der Waals surface area (Å²) in [5.74, 6) is 0. The van der Waals surface area contributed by atoms with Crippen LogP contribution < -0.4 is 5.46 Å². The molecule has 0 atom stereocenters. The fourth-order valence-electron chi connectivity index (χ4n) is 3.53. The van der Waals surface area contributed by atoms with Crippen LogP contribution in [0.25, 0.3) is 0 Å². The fraction of sp³-hybridized carbons (Fsp3) is 0.714. The van der Waals surface area contributed by atoms with Crippen LogP contribution in [0.4, 0.5) is 0 Å². The lowest BCUT2D eigenvalue weighted by atomic mass is 9.79. The molecule has 0 unspecified atom stereocenters. The average Bonchev–Trinajstić information content (AvgIpc) is 2.83. The van der Waals surface area contributed by atoms with Crippen LogP contribution in [0, 0.1) is 0 Å². The second kappa shape index (κ2) is 8.22. The van der Waals surface area contributed by atoms with Gasteiger partial charge in [0.2, 0.25) is 0 Å². The first-order chi connectivity index (χ1) is 12.7. The van der Waals surface area contributed by atoms with Crippen molar-refractivity contribution in [1.82, 2.24) is 14.7 Å². The van der Waals surface area contributed by atoms with Crippen molar-refractivity contribution in [2.75, 3.05) is 53.4 Å². The summed E-state index contributed by atoms with van der Waals surface area (Å²) in [7, 11) is 4.13. The van der Waals surface area contributed by atoms with Crippen LogP contribution in [0.2, 0.25) is 0 Å². The van der Waals surface area contributed by atoms with Gasteiger partial charge < -0.3 is 19.1 Å². The van der Waals surface area contributed by atoms with Gasteiger partial charge in [-0.05, 0) is 52.8 Å². The monoisotopic (exact) mass is 373 g/mol. The van der Waals surface area contributed by atoms with Gasteiger partial charge >= 0.3 is 7.12 Å². The van der Waals surface area contributed by atoms with Crippen LogP contribution in [0.15, 0.2) is 24.3 Å². The minimum atomic E-state index is -0.292. The highest BCUT2D eigenvalue weighted by Gasteiger charge is 2.51. The zero-order valence-corrected chi connectivity index (χ0v) is 18.0. The molecule has 0 aromatic heterocycles. The van der Waals surface area contributed by atoms with Crippen molar-refractivity contribution in [2.24, 2.45) is 0 Å². The largest absolute Gasteiger partial charge is 0.494 e. The van der Waals surface area contributed by atoms with Gasteiger partial charge in [0.05, 0.1) is 11.2 Å². The summed E-state index contributed by atoms with van der Waals surface area (Å²) in [5, 5.41) is 0. The maximum Gasteiger partial charge on any atom is 0.494 e. The number of rotatable bonds is 6. The molecule has 0 spiro atoms. The van der Waals surface area contributed by atoms with Crippen molar-refractivity contribution in [1.29, 1.82) is 0 Å². The van der Waals surface area contributed by atoms with E-state index in [2.05, 4.69) is 80.8 Å². The molecule has 0 saturated carbocycles. The van der Waals surface area contributed by atoms with Crippen molar-refractivity contribution in [3.05, 3.63) is 29.8 Å². The lowest BCUT2D eigenvalue weighted by molar-refractivity contribution is 0.00578. The molecule has 6 heteroatoms. The molecule has 1 aromatic carbocycles. The first kappa shape index (κ1) is 20.8. The van der Waals surface area contributed by atoms with E-state index in [-0.39, 0.29) is 18.3 Å². The second-order valence-electron chi connectivity index (χ2n) is 9.21. The van der Waals surface area contributed by atoms with Gasteiger partial charge in [-0.2, -0.15) is 0 Å². The number of nitrogens with zero attached hydrogens (tertiary/aromatic N) is 3. The maximum atomic E-state index is 6.14. The minimum Gasteiger partial charge on any atom is -0.399 e. The van der Waals surface area contributed by atoms with E-state index in [1.807, 2.05) is 0 Å². The summed E-state index contributed by atoms with van der Waals surface area (Å²) in [4.78, 5) is 7.38. The third-order valence-corrected chi connectivity index (χ3v) is 6.35. The Morgan fingerprint density at radius 3 is 2.07 bits per heavy atom. The van der Waals surface area contributed by atoms with Gasteiger partial charge in [-0.3, -0.25) is 4.90 Å². The van der Waals surface area contributed by atoms with Gasteiger partial charge in [0.1, 0.15) is 0 Å². The molecule has 2 aliphatic rings. The van der Waals surface area contributed by atoms with Crippen molar-refractivity contribution in [3.8, 4) is 0 Å². The van der Waals surface area contributed by atoms with Crippen LogP contribution in [0.1, 0.15) is 33.3 Å². The Morgan fingerprint density at radius 1 is 0.963 bits per heavy atom. The number of hydrogen-bond acceptors (Lipinski definition) is 5. The van der Waals surface area contributed by atoms with Crippen LogP contribution >= 0.6 is 0 Å². The maximum absolute atomic E-state index is 6.14. The topological polar surface area (TPSA) is 28.2 Å². The summed E-state index contributed by atoms with van der Waals surface area (Å²) in [6.45, 7) is 16.3. The van der Waals surface area contributed by atoms with E-state index < -0.39 is 0 Å². The Labute approximate surface area is 165 Å². The fourth-order valence-corrected chi connectivity index (χ4v) is 3.53. The highest BCUT2D eigenvalue weighted by atomic mass is 16.7. The zero-order chi connectivity index (χ0) is 19.7. The number of hydrogen-bond donors (Lipinski definition) is 0. The molecular formula is C21H36BN3O2. The van der Waals surface area contributed by atoms with E-state index in [4.69, 9.17) is 9.31 Å². The summed E-state index contributed by atoms with van der Waals surface area (Å²) < 4.78 is 12.3. The molecule has 1 aromatic rings. The summed E-state index contributed by atoms with van der Waals surface area (Å²) >= 11 is 0. The molecular weight excluding hydrogens is 337 g/mol. The minimum absolute atomic E-state index is 0.279. The SMILES string of the molecule is CN1CCN(CCN(C)Cc2ccc(B3OC(C)(C)C(C)(C)O3)cc2)CC1. The van der Waals surface area contributed by atoms with Crippen LogP contribution in [-0.4, -0.2) is 86.4 Å². The van der Waals surface area contributed by atoms with Gasteiger partial charge in [-0.25, -0.2) is 0 Å². The molecule has 2 saturated heterocycles. The third kappa shape index (κ3) is 5.12. The third-order valence-electron chi connectivity index (χ3n) is 6.35. The van der Waals surface area contributed by atoms with E-state index in [9.17, 15) is 0 Å². The Kier molecular flexibility index (Phi) is 6.33. The summed E-state index contributed by atoms with van der Waals surface area (Å²) in [6.07, 6.45) is 0. The highest BCUT2D eigenvalue weighted by Crippen LogP contribution is 2.36. The molecule has 27 heavy (non-hydrogen) atoms. The Bertz CT molecular complexity index is 596. The smallest absolute Gasteiger partial charge is 0.399 e. The van der Waals surface area contributed by atoms with Crippen molar-refractivity contribution < 1.29 is 9.31 Å². The van der Waals surface area contributed by atoms with Gasteiger partial charge in [0.15, 0.2) is 0 Å². The molecule has 5 nitrogen and oxygen atoms in total. The standard InChI is InChI=1S/C21H36BN3O2/c1-20(2)21(3,4)27-22(26-20)19-9-7-18(8-10-19)17-24(6)13-16-25-14-11-23(5)12-15-25/h7-10H,11-17H2,1-6H3. The number of benzene rings is 1. The Morgan fingerprint density at radius 2 is 1.52 bits per heavy atom. The van der Waals surface area contributed by atoms with Crippen LogP contribution in [0.5, 0.6) is 0 Å². The highest BCUT2D eigenvalue weighted by molar-refractivity contribution is 6.62. The van der Waals surface area contributed by atoms with Crippen LogP contribution in [0.3, 0.4) is 0 Å². The predicted octanol–water partition coefficient (Wildman–Crippen LogP) is 1.67. The lowest BCUT2D eigenvalue weighted by Gasteiger charge is -2.33. The predicted molar refractivity (Wildman–Crippen MR) is 112 cm³/mol. The molecule has 0 radical (unpaired) electrons. The van der Waals surface area contributed by atoms with Gasteiger partial charge in [0.25, 0.3) is 0 Å². The van der Waals surface area contributed by atoms with Crippen LogP contribution in [-0.2, 0) is 15.9 Å². The van der Waals surface area contributed by atoms with Gasteiger partial charge in [-0.1, -0.05) is 24.3 Å². The molecule has 2 heterocycles. The van der Waals surface area contributed by atoms with Crippen molar-refractivity contribution in [2.45, 2.75) is 45.4 Å². The number of piperazine rings is 1. The van der Waals surface area contributed by atoms with E-state index in [0.29, 0.717) is 0 Å². The molecule has 0 N–H and O–H groups in total. The van der Waals surface area contributed by atoms with E-state index in [1.54, 1.807) is 0 Å². The zero-order valence-electron chi connectivity index (χ0n) is 18.0. The molecule has 0 bridgehead atoms. The normalized spacial score (nSPS) is 23.3. The molecule has 3 rings (SSSR count). The summed E-state index contributed by atoms with van der Waals surface area (Å²) in [5.41, 5.74) is 1.84. The van der Waals surface area contributed by atoms with E-state index in [1.165, 1.54) is 31.7 Å². The van der Waals surface area contributed by atoms with Gasteiger partial charge in [-0.15, -0.1) is 0 Å². The van der Waals surface area contributed by atoms with Gasteiger partial charge in [0, 0.05) is 45.8 Å². The first-order valence-electron chi connectivity index (χ1n) is 10.2. The molecule has 150 valence electrons. The summed E-state index contributed by atoms with van der Waals surface area (Å²) in [6, 6.07) is 8.69. The molecule has 2 fully saturated rings. The lowest BCUT2D eigenvalue weighted by Crippen LogP contribution is -2.46. The first-order valence-corrected chi connectivity index (χ1v) is 10.2. The quantitative estimate of drug-likeness (QED) is 0.708.